The van der Waals surface area contributed by atoms with Gasteiger partial charge in [0.05, 0.1) is 4.92 Å². The SMILES string of the molecule is Cc1nn(CC(=O)OCC(=O)c2cc(C)n(Cc3ccccc3)c2C)c(C)c1[N+](=O)[O-]. The number of ether oxygens (including phenoxy) is 1. The maximum absolute atomic E-state index is 12.7. The smallest absolute Gasteiger partial charge is 0.328 e. The van der Waals surface area contributed by atoms with Crippen LogP contribution in [0.4, 0.5) is 5.69 Å². The summed E-state index contributed by atoms with van der Waals surface area (Å²) < 4.78 is 8.38. The molecule has 0 unspecified atom stereocenters. The normalized spacial score (nSPS) is 10.8. The van der Waals surface area contributed by atoms with Crippen molar-refractivity contribution >= 4 is 17.4 Å². The van der Waals surface area contributed by atoms with E-state index >= 15 is 0 Å². The monoisotopic (exact) mass is 424 g/mol. The molecule has 0 saturated heterocycles. The Morgan fingerprint density at radius 2 is 1.77 bits per heavy atom. The summed E-state index contributed by atoms with van der Waals surface area (Å²) in [7, 11) is 0. The Hall–Kier alpha value is -3.75. The lowest BCUT2D eigenvalue weighted by molar-refractivity contribution is -0.386. The van der Waals surface area contributed by atoms with Crippen LogP contribution in [0.1, 0.15) is 38.7 Å². The number of hydrogen-bond acceptors (Lipinski definition) is 6. The zero-order valence-electron chi connectivity index (χ0n) is 17.9. The second-order valence-electron chi connectivity index (χ2n) is 7.37. The van der Waals surface area contributed by atoms with Crippen LogP contribution in [0.5, 0.6) is 0 Å². The highest BCUT2D eigenvalue weighted by molar-refractivity contribution is 5.99. The molecular formula is C22H24N4O5. The molecular weight excluding hydrogens is 400 g/mol. The molecule has 9 nitrogen and oxygen atoms in total. The molecule has 0 aliphatic carbocycles. The Labute approximate surface area is 179 Å². The van der Waals surface area contributed by atoms with Gasteiger partial charge in [-0.05, 0) is 39.3 Å². The van der Waals surface area contributed by atoms with E-state index in [2.05, 4.69) is 5.10 Å². The quantitative estimate of drug-likeness (QED) is 0.238. The number of ketones is 1. The average molecular weight is 424 g/mol. The first-order valence-electron chi connectivity index (χ1n) is 9.77. The molecule has 0 aliphatic heterocycles. The number of aryl methyl sites for hydroxylation is 2. The number of aromatic nitrogens is 3. The number of Topliss-reactive ketones (excluding diaryl/α,β-unsaturated/α-hetero) is 1. The van der Waals surface area contributed by atoms with Gasteiger partial charge in [-0.3, -0.25) is 24.4 Å². The molecule has 1 aromatic carbocycles. The third-order valence-electron chi connectivity index (χ3n) is 5.23. The molecule has 162 valence electrons. The van der Waals surface area contributed by atoms with Crippen molar-refractivity contribution in [1.82, 2.24) is 14.3 Å². The van der Waals surface area contributed by atoms with E-state index in [1.165, 1.54) is 18.5 Å². The van der Waals surface area contributed by atoms with E-state index in [0.717, 1.165) is 17.0 Å². The molecule has 0 radical (unpaired) electrons. The topological polar surface area (TPSA) is 109 Å². The molecule has 0 saturated carbocycles. The number of esters is 1. The number of carbonyl (C=O) groups excluding carboxylic acids is 2. The number of nitro groups is 1. The zero-order chi connectivity index (χ0) is 22.7. The highest BCUT2D eigenvalue weighted by Gasteiger charge is 2.24. The molecule has 2 aromatic heterocycles. The number of benzene rings is 1. The minimum Gasteiger partial charge on any atom is -0.456 e. The second-order valence-corrected chi connectivity index (χ2v) is 7.37. The molecule has 0 aliphatic rings. The minimum absolute atomic E-state index is 0.130. The van der Waals surface area contributed by atoms with E-state index in [0.29, 0.717) is 12.1 Å². The molecule has 0 amide bonds. The van der Waals surface area contributed by atoms with Gasteiger partial charge in [-0.15, -0.1) is 0 Å². The number of carbonyl (C=O) groups is 2. The Balaban J connectivity index is 1.65. The predicted molar refractivity (Wildman–Crippen MR) is 113 cm³/mol. The fourth-order valence-electron chi connectivity index (χ4n) is 3.59. The molecule has 3 aromatic rings. The second kappa shape index (κ2) is 8.95. The molecule has 31 heavy (non-hydrogen) atoms. The molecule has 9 heteroatoms. The van der Waals surface area contributed by atoms with E-state index in [9.17, 15) is 19.7 Å². The van der Waals surface area contributed by atoms with E-state index < -0.39 is 17.5 Å². The molecule has 0 atom stereocenters. The van der Waals surface area contributed by atoms with Crippen LogP contribution in [0, 0.1) is 37.8 Å². The lowest BCUT2D eigenvalue weighted by Crippen LogP contribution is -2.20. The average Bonchev–Trinajstić information content (AvgIpc) is 3.16. The van der Waals surface area contributed by atoms with Gasteiger partial charge in [-0.25, -0.2) is 0 Å². The van der Waals surface area contributed by atoms with Crippen LogP contribution in [0.15, 0.2) is 36.4 Å². The predicted octanol–water partition coefficient (Wildman–Crippen LogP) is 3.30. The van der Waals surface area contributed by atoms with Gasteiger partial charge < -0.3 is 9.30 Å². The summed E-state index contributed by atoms with van der Waals surface area (Å²) in [6.45, 7) is 6.73. The first-order valence-corrected chi connectivity index (χ1v) is 9.77. The minimum atomic E-state index is -0.688. The van der Waals surface area contributed by atoms with E-state index in [-0.39, 0.29) is 29.4 Å². The van der Waals surface area contributed by atoms with Crippen LogP contribution in [-0.4, -0.2) is 37.6 Å². The first-order chi connectivity index (χ1) is 14.7. The molecule has 0 spiro atoms. The highest BCUT2D eigenvalue weighted by atomic mass is 16.6. The molecule has 0 N–H and O–H groups in total. The van der Waals surface area contributed by atoms with Crippen LogP contribution in [0.3, 0.4) is 0 Å². The van der Waals surface area contributed by atoms with Crippen molar-refractivity contribution in [2.75, 3.05) is 6.61 Å². The summed E-state index contributed by atoms with van der Waals surface area (Å²) in [5, 5.41) is 15.1. The van der Waals surface area contributed by atoms with Crippen molar-refractivity contribution in [3.63, 3.8) is 0 Å². The molecule has 0 fully saturated rings. The van der Waals surface area contributed by atoms with Gasteiger partial charge in [-0.2, -0.15) is 5.10 Å². The van der Waals surface area contributed by atoms with Crippen molar-refractivity contribution in [1.29, 1.82) is 0 Å². The summed E-state index contributed by atoms with van der Waals surface area (Å²) in [5.74, 6) is -0.993. The van der Waals surface area contributed by atoms with Crippen molar-refractivity contribution in [2.24, 2.45) is 0 Å². The molecule has 2 heterocycles. The van der Waals surface area contributed by atoms with Crippen LogP contribution in [0.25, 0.3) is 0 Å². The summed E-state index contributed by atoms with van der Waals surface area (Å²) in [6.07, 6.45) is 0. The Morgan fingerprint density at radius 1 is 1.10 bits per heavy atom. The number of nitrogens with zero attached hydrogens (tertiary/aromatic N) is 4. The largest absolute Gasteiger partial charge is 0.456 e. The van der Waals surface area contributed by atoms with Crippen molar-refractivity contribution in [3.8, 4) is 0 Å². The van der Waals surface area contributed by atoms with Gasteiger partial charge in [0.15, 0.2) is 6.61 Å². The van der Waals surface area contributed by atoms with Crippen LogP contribution >= 0.6 is 0 Å². The fraction of sp³-hybridized carbons (Fsp3) is 0.318. The summed E-state index contributed by atoms with van der Waals surface area (Å²) >= 11 is 0. The van der Waals surface area contributed by atoms with E-state index in [4.69, 9.17) is 4.74 Å². The summed E-state index contributed by atoms with van der Waals surface area (Å²) in [5.41, 5.74) is 3.71. The lowest BCUT2D eigenvalue weighted by atomic mass is 10.1. The van der Waals surface area contributed by atoms with Crippen LogP contribution in [-0.2, 0) is 22.6 Å². The van der Waals surface area contributed by atoms with Crippen molar-refractivity contribution in [3.05, 3.63) is 80.4 Å². The number of hydrogen-bond donors (Lipinski definition) is 0. The van der Waals surface area contributed by atoms with E-state index in [1.807, 2.05) is 48.7 Å². The number of rotatable bonds is 8. The van der Waals surface area contributed by atoms with Gasteiger partial charge in [-0.1, -0.05) is 30.3 Å². The standard InChI is InChI=1S/C22H24N4O5/c1-14-10-19(16(3)24(14)11-18-8-6-5-7-9-18)20(27)13-31-21(28)12-25-17(4)22(26(29)30)15(2)23-25/h5-10H,11-13H2,1-4H3. The van der Waals surface area contributed by atoms with Gasteiger partial charge in [0.25, 0.3) is 0 Å². The van der Waals surface area contributed by atoms with Gasteiger partial charge in [0, 0.05) is 23.5 Å². The van der Waals surface area contributed by atoms with Gasteiger partial charge >= 0.3 is 11.7 Å². The third kappa shape index (κ3) is 4.71. The van der Waals surface area contributed by atoms with Crippen LogP contribution < -0.4 is 0 Å². The zero-order valence-corrected chi connectivity index (χ0v) is 17.9. The van der Waals surface area contributed by atoms with Crippen LogP contribution in [0.2, 0.25) is 0 Å². The van der Waals surface area contributed by atoms with Crippen molar-refractivity contribution < 1.29 is 19.2 Å². The Kier molecular flexibility index (Phi) is 6.33. The molecule has 3 rings (SSSR count). The first kappa shape index (κ1) is 21.9. The summed E-state index contributed by atoms with van der Waals surface area (Å²) in [4.78, 5) is 35.4. The maximum atomic E-state index is 12.7. The van der Waals surface area contributed by atoms with Crippen molar-refractivity contribution in [2.45, 2.75) is 40.8 Å². The molecule has 0 bridgehead atoms. The van der Waals surface area contributed by atoms with Gasteiger partial charge in [0.1, 0.15) is 17.9 Å². The Morgan fingerprint density at radius 3 is 2.39 bits per heavy atom. The maximum Gasteiger partial charge on any atom is 0.328 e. The fourth-order valence-corrected chi connectivity index (χ4v) is 3.59. The summed E-state index contributed by atoms with van der Waals surface area (Å²) in [6, 6.07) is 11.7. The van der Waals surface area contributed by atoms with E-state index in [1.54, 1.807) is 6.07 Å². The lowest BCUT2D eigenvalue weighted by Gasteiger charge is -2.10. The highest BCUT2D eigenvalue weighted by Crippen LogP contribution is 2.22. The Bertz CT molecular complexity index is 1140. The third-order valence-corrected chi connectivity index (χ3v) is 5.23. The van der Waals surface area contributed by atoms with Gasteiger partial charge in [0.2, 0.25) is 5.78 Å².